The number of rotatable bonds is 4. The second-order valence-corrected chi connectivity index (χ2v) is 12.6. The monoisotopic (exact) mass is 577 g/mol. The van der Waals surface area contributed by atoms with Gasteiger partial charge in [-0.15, -0.1) is 0 Å². The van der Waals surface area contributed by atoms with Crippen LogP contribution in [0.4, 0.5) is 17.1 Å². The molecule has 1 aliphatic carbocycles. The molecule has 1 aromatic heterocycles. The highest BCUT2D eigenvalue weighted by Crippen LogP contribution is 2.52. The van der Waals surface area contributed by atoms with Gasteiger partial charge in [0, 0.05) is 32.9 Å². The van der Waals surface area contributed by atoms with Gasteiger partial charge in [0.25, 0.3) is 0 Å². The Kier molecular flexibility index (Phi) is 5.58. The molecule has 0 radical (unpaired) electrons. The van der Waals surface area contributed by atoms with Gasteiger partial charge in [-0.1, -0.05) is 111 Å². The molecule has 0 saturated carbocycles. The zero-order chi connectivity index (χ0) is 30.1. The summed E-state index contributed by atoms with van der Waals surface area (Å²) in [5.41, 5.74) is 13.0. The third-order valence-electron chi connectivity index (χ3n) is 9.65. The third-order valence-corrected chi connectivity index (χ3v) is 9.65. The SMILES string of the molecule is CC1(C)c2cc(-c3ccc4oc5ccccc5c4c3)ccc2-c2ccc(N(c3ccccc3)c3cccc4ccccc34)cc21. The number of hydrogen-bond acceptors (Lipinski definition) is 2. The van der Waals surface area contributed by atoms with Crippen LogP contribution in [-0.2, 0) is 5.41 Å². The number of anilines is 3. The molecule has 0 atom stereocenters. The summed E-state index contributed by atoms with van der Waals surface area (Å²) in [7, 11) is 0. The lowest BCUT2D eigenvalue weighted by Crippen LogP contribution is -2.16. The van der Waals surface area contributed by atoms with E-state index in [1.807, 2.05) is 12.1 Å². The van der Waals surface area contributed by atoms with Crippen LogP contribution in [0.2, 0.25) is 0 Å². The van der Waals surface area contributed by atoms with Crippen LogP contribution in [0.15, 0.2) is 156 Å². The minimum absolute atomic E-state index is 0.162. The summed E-state index contributed by atoms with van der Waals surface area (Å²) in [5, 5.41) is 4.79. The highest BCUT2D eigenvalue weighted by Gasteiger charge is 2.36. The van der Waals surface area contributed by atoms with E-state index < -0.39 is 0 Å². The van der Waals surface area contributed by atoms with E-state index in [0.29, 0.717) is 0 Å². The number of benzene rings is 7. The maximum atomic E-state index is 6.11. The molecule has 1 aliphatic rings. The lowest BCUT2D eigenvalue weighted by molar-refractivity contribution is 0.660. The van der Waals surface area contributed by atoms with E-state index in [-0.39, 0.29) is 5.41 Å². The first-order valence-electron chi connectivity index (χ1n) is 15.6. The molecule has 0 fully saturated rings. The first-order valence-corrected chi connectivity index (χ1v) is 15.6. The van der Waals surface area contributed by atoms with Gasteiger partial charge in [-0.25, -0.2) is 0 Å². The van der Waals surface area contributed by atoms with Crippen molar-refractivity contribution >= 4 is 49.8 Å². The molecular weight excluding hydrogens is 546 g/mol. The Morgan fingerprint density at radius 2 is 1.11 bits per heavy atom. The summed E-state index contributed by atoms with van der Waals surface area (Å²) in [4.78, 5) is 2.40. The fraction of sp³-hybridized carbons (Fsp3) is 0.0698. The summed E-state index contributed by atoms with van der Waals surface area (Å²) >= 11 is 0. The molecule has 8 aromatic rings. The Morgan fingerprint density at radius 1 is 0.467 bits per heavy atom. The van der Waals surface area contributed by atoms with Crippen molar-refractivity contribution in [3.63, 3.8) is 0 Å². The maximum absolute atomic E-state index is 6.11. The first kappa shape index (κ1) is 25.9. The zero-order valence-corrected chi connectivity index (χ0v) is 25.3. The molecule has 0 N–H and O–H groups in total. The van der Waals surface area contributed by atoms with Crippen LogP contribution in [0.25, 0.3) is 55.0 Å². The van der Waals surface area contributed by atoms with Crippen LogP contribution in [0.5, 0.6) is 0 Å². The molecule has 2 nitrogen and oxygen atoms in total. The quantitative estimate of drug-likeness (QED) is 0.207. The number of para-hydroxylation sites is 2. The van der Waals surface area contributed by atoms with E-state index in [1.165, 1.54) is 49.8 Å². The smallest absolute Gasteiger partial charge is 0.135 e. The number of nitrogens with zero attached hydrogens (tertiary/aromatic N) is 1. The molecule has 9 rings (SSSR count). The second kappa shape index (κ2) is 9.70. The van der Waals surface area contributed by atoms with Crippen LogP contribution in [0.1, 0.15) is 25.0 Å². The number of hydrogen-bond donors (Lipinski definition) is 0. The van der Waals surface area contributed by atoms with E-state index >= 15 is 0 Å². The van der Waals surface area contributed by atoms with Gasteiger partial charge in [-0.05, 0) is 93.4 Å². The normalized spacial score (nSPS) is 13.3. The van der Waals surface area contributed by atoms with Crippen molar-refractivity contribution in [1.82, 2.24) is 0 Å². The largest absolute Gasteiger partial charge is 0.456 e. The summed E-state index contributed by atoms with van der Waals surface area (Å²) in [6, 6.07) is 54.8. The fourth-order valence-electron chi connectivity index (χ4n) is 7.36. The average molecular weight is 578 g/mol. The lowest BCUT2D eigenvalue weighted by Gasteiger charge is -2.29. The number of furan rings is 1. The van der Waals surface area contributed by atoms with E-state index in [2.05, 4.69) is 158 Å². The second-order valence-electron chi connectivity index (χ2n) is 12.6. The summed E-state index contributed by atoms with van der Waals surface area (Å²) in [6.45, 7) is 4.73. The molecule has 0 aliphatic heterocycles. The highest BCUT2D eigenvalue weighted by atomic mass is 16.3. The zero-order valence-electron chi connectivity index (χ0n) is 25.3. The predicted molar refractivity (Wildman–Crippen MR) is 189 cm³/mol. The van der Waals surface area contributed by atoms with Crippen LogP contribution in [0, 0.1) is 0 Å². The van der Waals surface area contributed by atoms with Crippen molar-refractivity contribution in [2.24, 2.45) is 0 Å². The minimum atomic E-state index is -0.162. The highest BCUT2D eigenvalue weighted by molar-refractivity contribution is 6.06. The van der Waals surface area contributed by atoms with Gasteiger partial charge in [0.05, 0.1) is 5.69 Å². The number of fused-ring (bicyclic) bond motifs is 7. The molecule has 0 unspecified atom stereocenters. The molecule has 0 amide bonds. The van der Waals surface area contributed by atoms with Gasteiger partial charge in [-0.2, -0.15) is 0 Å². The molecule has 7 aromatic carbocycles. The first-order chi connectivity index (χ1) is 22.1. The van der Waals surface area contributed by atoms with Gasteiger partial charge in [0.1, 0.15) is 11.2 Å². The Morgan fingerprint density at radius 3 is 1.98 bits per heavy atom. The van der Waals surface area contributed by atoms with Crippen molar-refractivity contribution < 1.29 is 4.42 Å². The lowest BCUT2D eigenvalue weighted by atomic mass is 9.81. The molecule has 214 valence electrons. The van der Waals surface area contributed by atoms with Crippen LogP contribution in [0.3, 0.4) is 0 Å². The van der Waals surface area contributed by atoms with Crippen molar-refractivity contribution in [3.8, 4) is 22.3 Å². The van der Waals surface area contributed by atoms with Gasteiger partial charge in [-0.3, -0.25) is 0 Å². The van der Waals surface area contributed by atoms with Crippen molar-refractivity contribution in [2.75, 3.05) is 4.90 Å². The van der Waals surface area contributed by atoms with E-state index in [0.717, 1.165) is 33.3 Å². The van der Waals surface area contributed by atoms with Gasteiger partial charge < -0.3 is 9.32 Å². The summed E-state index contributed by atoms with van der Waals surface area (Å²) < 4.78 is 6.11. The van der Waals surface area contributed by atoms with Crippen LogP contribution in [-0.4, -0.2) is 0 Å². The molecule has 0 bridgehead atoms. The average Bonchev–Trinajstić information content (AvgIpc) is 3.57. The van der Waals surface area contributed by atoms with E-state index in [1.54, 1.807) is 0 Å². The maximum Gasteiger partial charge on any atom is 0.135 e. The van der Waals surface area contributed by atoms with Crippen molar-refractivity contribution in [1.29, 1.82) is 0 Å². The predicted octanol–water partition coefficient (Wildman–Crippen LogP) is 12.2. The Hall–Kier alpha value is -5.60. The van der Waals surface area contributed by atoms with Gasteiger partial charge in [0.15, 0.2) is 0 Å². The molecule has 0 saturated heterocycles. The standard InChI is InChI=1S/C43H31NO/c1-43(2)38-26-30(29-20-24-42-37(25-29)36-16-8-9-18-41(36)45-42)19-22-34(38)35-23-21-32(27-39(35)43)44(31-13-4-3-5-14-31)40-17-10-12-28-11-6-7-15-33(28)40/h3-27H,1-2H3. The Labute approximate surface area is 262 Å². The summed E-state index contributed by atoms with van der Waals surface area (Å²) in [5.74, 6) is 0. The Bertz CT molecular complexity index is 2410. The molecule has 2 heteroatoms. The van der Waals surface area contributed by atoms with Gasteiger partial charge >= 0.3 is 0 Å². The molecule has 1 heterocycles. The molecule has 45 heavy (non-hydrogen) atoms. The van der Waals surface area contributed by atoms with E-state index in [4.69, 9.17) is 4.42 Å². The van der Waals surface area contributed by atoms with Crippen LogP contribution >= 0.6 is 0 Å². The summed E-state index contributed by atoms with van der Waals surface area (Å²) in [6.07, 6.45) is 0. The van der Waals surface area contributed by atoms with Crippen molar-refractivity contribution in [3.05, 3.63) is 163 Å². The third kappa shape index (κ3) is 3.96. The molecule has 0 spiro atoms. The topological polar surface area (TPSA) is 16.4 Å². The van der Waals surface area contributed by atoms with E-state index in [9.17, 15) is 0 Å². The minimum Gasteiger partial charge on any atom is -0.456 e. The fourth-order valence-corrected chi connectivity index (χ4v) is 7.36. The molecular formula is C43H31NO. The van der Waals surface area contributed by atoms with Gasteiger partial charge in [0.2, 0.25) is 0 Å². The Balaban J connectivity index is 1.17. The van der Waals surface area contributed by atoms with Crippen LogP contribution < -0.4 is 4.90 Å². The van der Waals surface area contributed by atoms with Crippen molar-refractivity contribution in [2.45, 2.75) is 19.3 Å².